The first-order valence-corrected chi connectivity index (χ1v) is 25.8. The molecule has 4 nitrogen and oxygen atoms in total. The summed E-state index contributed by atoms with van der Waals surface area (Å²) in [6.07, 6.45) is 6.60. The minimum Gasteiger partial charge on any atom is -0.374 e. The maximum absolute atomic E-state index is 5.42. The van der Waals surface area contributed by atoms with E-state index in [9.17, 15) is 0 Å². The topological polar surface area (TPSA) is 42.7 Å². The van der Waals surface area contributed by atoms with E-state index in [4.69, 9.17) is 9.97 Å². The summed E-state index contributed by atoms with van der Waals surface area (Å²) in [5.41, 5.74) is 24.1. The van der Waals surface area contributed by atoms with Gasteiger partial charge in [-0.25, -0.2) is 9.97 Å². The third-order valence-electron chi connectivity index (χ3n) is 15.3. The quantitative estimate of drug-likeness (QED) is 0.165. The first kappa shape index (κ1) is 43.4. The number of dihydropyridines is 1. The zero-order chi connectivity index (χ0) is 49.0. The number of para-hydroxylation sites is 1. The molecule has 0 saturated heterocycles. The largest absolute Gasteiger partial charge is 0.374 e. The normalized spacial score (nSPS) is 15.2. The van der Waals surface area contributed by atoms with Crippen LogP contribution in [-0.4, -0.2) is 14.5 Å². The fourth-order valence-electron chi connectivity index (χ4n) is 11.7. The lowest BCUT2D eigenvalue weighted by Crippen LogP contribution is -2.22. The Morgan fingerprint density at radius 2 is 1.05 bits per heavy atom. The van der Waals surface area contributed by atoms with Gasteiger partial charge < -0.3 is 9.88 Å². The number of nitrogens with one attached hydrogen (secondary N) is 1. The van der Waals surface area contributed by atoms with Crippen molar-refractivity contribution in [3.63, 3.8) is 0 Å². The number of aromatic nitrogens is 3. The van der Waals surface area contributed by atoms with Crippen molar-refractivity contribution in [2.75, 3.05) is 0 Å². The zero-order valence-corrected chi connectivity index (χ0v) is 40.7. The average molecular weight is 947 g/mol. The predicted octanol–water partition coefficient (Wildman–Crippen LogP) is 17.2. The van der Waals surface area contributed by atoms with Gasteiger partial charge in [0.05, 0.1) is 39.5 Å². The van der Waals surface area contributed by atoms with Crippen LogP contribution in [-0.2, 0) is 6.42 Å². The molecule has 0 radical (unpaired) electrons. The van der Waals surface area contributed by atoms with Gasteiger partial charge in [0, 0.05) is 39.2 Å². The fraction of sp³-hybridized carbons (Fsp3) is 0.0571. The number of rotatable bonds is 8. The van der Waals surface area contributed by atoms with Crippen LogP contribution in [0.4, 0.5) is 0 Å². The molecular formula is C70H50N4. The molecule has 1 N–H and O–H groups in total. The highest BCUT2D eigenvalue weighted by Crippen LogP contribution is 2.45. The highest BCUT2D eigenvalue weighted by atomic mass is 15.0. The van der Waals surface area contributed by atoms with Crippen molar-refractivity contribution >= 4 is 44.1 Å². The van der Waals surface area contributed by atoms with Crippen LogP contribution in [0, 0.1) is 0 Å². The molecule has 0 saturated carbocycles. The summed E-state index contributed by atoms with van der Waals surface area (Å²) in [6, 6.07) is 90.1. The van der Waals surface area contributed by atoms with Gasteiger partial charge in [-0.2, -0.15) is 0 Å². The molecule has 12 aromatic rings. The van der Waals surface area contributed by atoms with Crippen LogP contribution in [0.25, 0.3) is 94.6 Å². The standard InChI is InChI=1S/C70H50N4/c1-5-18-46(19-6-1)55-44-64(48-21-7-2-8-22-48)71-65(45-55)54-27-17-28-56(40-54)74-67-31-16-15-30-60(67)62-42-52(35-39-68(62)74)51-33-37-59-57-29-14-13-20-47(57)32-36-58(61(59)41-51)53-34-38-63-66(43-53)73-70(50-25-11-4-12-26-50)69(72-63)49-23-9-3-10-24-49/h1-31,33-35,37-45,58,65,71H,32,36H2. The Labute approximate surface area is 431 Å². The molecule has 2 aromatic heterocycles. The molecule has 0 bridgehead atoms. The SMILES string of the molecule is C1=C(c2ccccc2)C=C(c2ccccc2)NC1c1cccc(-n2c3ccccc3c3cc(-c4ccc5c(c4)C(c4ccc6nc(-c7ccccc7)c(-c7ccccc7)nc6c4)CCc4ccccc4-5)ccc32)c1. The van der Waals surface area contributed by atoms with Crippen LogP contribution in [0.2, 0.25) is 0 Å². The Morgan fingerprint density at radius 1 is 0.419 bits per heavy atom. The van der Waals surface area contributed by atoms with E-state index in [0.29, 0.717) is 0 Å². The van der Waals surface area contributed by atoms with Gasteiger partial charge in [0.25, 0.3) is 0 Å². The van der Waals surface area contributed by atoms with Crippen molar-refractivity contribution in [2.24, 2.45) is 0 Å². The van der Waals surface area contributed by atoms with E-state index in [1.54, 1.807) is 0 Å². The lowest BCUT2D eigenvalue weighted by Gasteiger charge is -2.26. The van der Waals surface area contributed by atoms with Crippen molar-refractivity contribution in [1.29, 1.82) is 0 Å². The minimum atomic E-state index is -0.0316. The number of fused-ring (bicyclic) bond motifs is 7. The van der Waals surface area contributed by atoms with Crippen molar-refractivity contribution in [3.8, 4) is 50.5 Å². The Morgan fingerprint density at radius 3 is 1.82 bits per heavy atom. The van der Waals surface area contributed by atoms with E-state index in [-0.39, 0.29) is 12.0 Å². The second kappa shape index (κ2) is 18.3. The fourth-order valence-corrected chi connectivity index (χ4v) is 11.7. The molecule has 3 heterocycles. The number of allylic oxidation sites excluding steroid dienone is 2. The Kier molecular flexibility index (Phi) is 10.8. The first-order valence-electron chi connectivity index (χ1n) is 25.8. The second-order valence-corrected chi connectivity index (χ2v) is 19.7. The third-order valence-corrected chi connectivity index (χ3v) is 15.3. The van der Waals surface area contributed by atoms with Gasteiger partial charge in [-0.1, -0.05) is 200 Å². The Hall–Kier alpha value is -9.38. The molecule has 0 spiro atoms. The minimum absolute atomic E-state index is 0.0316. The van der Waals surface area contributed by atoms with Crippen molar-refractivity contribution in [2.45, 2.75) is 24.8 Å². The highest BCUT2D eigenvalue weighted by Gasteiger charge is 2.26. The van der Waals surface area contributed by atoms with Crippen molar-refractivity contribution < 1.29 is 0 Å². The highest BCUT2D eigenvalue weighted by molar-refractivity contribution is 6.10. The van der Waals surface area contributed by atoms with E-state index >= 15 is 0 Å². The van der Waals surface area contributed by atoms with E-state index in [2.05, 4.69) is 265 Å². The first-order chi connectivity index (χ1) is 36.7. The van der Waals surface area contributed by atoms with Crippen molar-refractivity contribution in [3.05, 3.63) is 294 Å². The number of nitrogens with zero attached hydrogens (tertiary/aromatic N) is 3. The maximum Gasteiger partial charge on any atom is 0.0973 e. The second-order valence-electron chi connectivity index (χ2n) is 19.7. The summed E-state index contributed by atoms with van der Waals surface area (Å²) >= 11 is 0. The van der Waals surface area contributed by atoms with E-state index < -0.39 is 0 Å². The molecular weight excluding hydrogens is 897 g/mol. The molecule has 2 atom stereocenters. The van der Waals surface area contributed by atoms with E-state index in [1.165, 1.54) is 83.0 Å². The van der Waals surface area contributed by atoms with E-state index in [0.717, 1.165) is 57.8 Å². The number of hydrogen-bond donors (Lipinski definition) is 1. The van der Waals surface area contributed by atoms with Crippen LogP contribution in [0.1, 0.15) is 51.8 Å². The van der Waals surface area contributed by atoms with Gasteiger partial charge >= 0.3 is 0 Å². The lowest BCUT2D eigenvalue weighted by molar-refractivity contribution is 0.726. The summed E-state index contributed by atoms with van der Waals surface area (Å²) in [5.74, 6) is 0.145. The molecule has 10 aromatic carbocycles. The zero-order valence-electron chi connectivity index (χ0n) is 40.7. The molecule has 74 heavy (non-hydrogen) atoms. The molecule has 2 aliphatic rings. The Bertz CT molecular complexity index is 4150. The van der Waals surface area contributed by atoms with Gasteiger partial charge in [0.2, 0.25) is 0 Å². The van der Waals surface area contributed by atoms with Gasteiger partial charge in [0.15, 0.2) is 0 Å². The molecule has 350 valence electrons. The molecule has 1 aliphatic heterocycles. The molecule has 4 heteroatoms. The van der Waals surface area contributed by atoms with Crippen LogP contribution < -0.4 is 5.32 Å². The number of hydrogen-bond acceptors (Lipinski definition) is 3. The molecule has 0 fully saturated rings. The molecule has 2 unspecified atom stereocenters. The predicted molar refractivity (Wildman–Crippen MR) is 307 cm³/mol. The Balaban J connectivity index is 0.861. The smallest absolute Gasteiger partial charge is 0.0973 e. The number of aryl methyl sites for hydroxylation is 1. The van der Waals surface area contributed by atoms with E-state index in [1.807, 2.05) is 6.07 Å². The summed E-state index contributed by atoms with van der Waals surface area (Å²) in [5, 5.41) is 6.36. The van der Waals surface area contributed by atoms with Crippen LogP contribution in [0.15, 0.2) is 261 Å². The molecule has 1 aliphatic carbocycles. The monoisotopic (exact) mass is 946 g/mol. The number of benzene rings is 10. The van der Waals surface area contributed by atoms with Crippen molar-refractivity contribution in [1.82, 2.24) is 19.9 Å². The third kappa shape index (κ3) is 7.80. The summed E-state index contributed by atoms with van der Waals surface area (Å²) < 4.78 is 2.44. The van der Waals surface area contributed by atoms with Gasteiger partial charge in [-0.15, -0.1) is 0 Å². The van der Waals surface area contributed by atoms with Gasteiger partial charge in [-0.3, -0.25) is 0 Å². The summed E-state index contributed by atoms with van der Waals surface area (Å²) in [6.45, 7) is 0. The van der Waals surface area contributed by atoms with Gasteiger partial charge in [0.1, 0.15) is 0 Å². The molecule has 14 rings (SSSR count). The maximum atomic E-state index is 5.42. The van der Waals surface area contributed by atoms with Gasteiger partial charge in [-0.05, 0) is 135 Å². The van der Waals surface area contributed by atoms with Crippen LogP contribution in [0.5, 0.6) is 0 Å². The average Bonchev–Trinajstić information content (AvgIpc) is 3.72. The van der Waals surface area contributed by atoms with Crippen LogP contribution >= 0.6 is 0 Å². The summed E-state index contributed by atoms with van der Waals surface area (Å²) in [7, 11) is 0. The lowest BCUT2D eigenvalue weighted by atomic mass is 9.84. The summed E-state index contributed by atoms with van der Waals surface area (Å²) in [4.78, 5) is 10.7. The molecule has 0 amide bonds. The van der Waals surface area contributed by atoms with Crippen LogP contribution in [0.3, 0.4) is 0 Å².